The number of anilines is 1. The molecule has 0 N–H and O–H groups in total. The maximum atomic E-state index is 12.7. The van der Waals surface area contributed by atoms with Crippen molar-refractivity contribution in [2.45, 2.75) is 19.8 Å². The molecular weight excluding hydrogens is 282 g/mol. The van der Waals surface area contributed by atoms with Gasteiger partial charge < -0.3 is 9.47 Å². The van der Waals surface area contributed by atoms with E-state index in [1.54, 1.807) is 32.4 Å². The van der Waals surface area contributed by atoms with Crippen LogP contribution in [-0.2, 0) is 9.59 Å². The molecule has 0 bridgehead atoms. The summed E-state index contributed by atoms with van der Waals surface area (Å²) in [6, 6.07) is 5.10. The summed E-state index contributed by atoms with van der Waals surface area (Å²) in [6.45, 7) is 2.01. The Labute approximate surface area is 129 Å². The van der Waals surface area contributed by atoms with Crippen molar-refractivity contribution in [3.05, 3.63) is 29.8 Å². The average Bonchev–Trinajstić information content (AvgIpc) is 2.77. The Balaban J connectivity index is 1.99. The van der Waals surface area contributed by atoms with Crippen molar-refractivity contribution in [3.8, 4) is 11.5 Å². The average molecular weight is 301 g/mol. The van der Waals surface area contributed by atoms with Gasteiger partial charge in [0.2, 0.25) is 11.8 Å². The van der Waals surface area contributed by atoms with E-state index in [1.165, 1.54) is 10.5 Å². The number of hydrogen-bond donors (Lipinski definition) is 0. The quantitative estimate of drug-likeness (QED) is 0.636. The van der Waals surface area contributed by atoms with E-state index >= 15 is 0 Å². The monoisotopic (exact) mass is 301 g/mol. The molecule has 3 rings (SSSR count). The second kappa shape index (κ2) is 5.48. The van der Waals surface area contributed by atoms with Gasteiger partial charge in [-0.15, -0.1) is 0 Å². The number of hydrogen-bond acceptors (Lipinski definition) is 4. The summed E-state index contributed by atoms with van der Waals surface area (Å²) in [5, 5.41) is 0. The topological polar surface area (TPSA) is 55.8 Å². The smallest absolute Gasteiger partial charge is 0.238 e. The van der Waals surface area contributed by atoms with Gasteiger partial charge in [0.15, 0.2) is 0 Å². The number of amides is 2. The van der Waals surface area contributed by atoms with E-state index in [0.717, 1.165) is 0 Å². The van der Waals surface area contributed by atoms with Crippen LogP contribution in [0.25, 0.3) is 0 Å². The molecule has 22 heavy (non-hydrogen) atoms. The summed E-state index contributed by atoms with van der Waals surface area (Å²) in [4.78, 5) is 26.6. The highest BCUT2D eigenvalue weighted by atomic mass is 16.5. The van der Waals surface area contributed by atoms with Crippen LogP contribution < -0.4 is 14.4 Å². The molecule has 0 unspecified atom stereocenters. The number of ether oxygens (including phenoxy) is 2. The fraction of sp³-hybridized carbons (Fsp3) is 0.412. The molecular formula is C17H19NO4. The van der Waals surface area contributed by atoms with Crippen molar-refractivity contribution in [2.75, 3.05) is 19.1 Å². The molecule has 1 fully saturated rings. The molecule has 1 aromatic rings. The Morgan fingerprint density at radius 1 is 1.00 bits per heavy atom. The molecule has 1 aliphatic carbocycles. The molecule has 2 aliphatic rings. The van der Waals surface area contributed by atoms with E-state index in [-0.39, 0.29) is 23.7 Å². The highest BCUT2D eigenvalue weighted by Crippen LogP contribution is 2.41. The van der Waals surface area contributed by atoms with Gasteiger partial charge in [-0.05, 0) is 19.8 Å². The van der Waals surface area contributed by atoms with E-state index in [9.17, 15) is 9.59 Å². The van der Waals surface area contributed by atoms with Gasteiger partial charge in [0, 0.05) is 18.2 Å². The highest BCUT2D eigenvalue weighted by Gasteiger charge is 2.48. The van der Waals surface area contributed by atoms with Crippen LogP contribution in [0.2, 0.25) is 0 Å². The summed E-state index contributed by atoms with van der Waals surface area (Å²) in [5.41, 5.74) is 1.69. The van der Waals surface area contributed by atoms with Crippen molar-refractivity contribution in [1.82, 2.24) is 0 Å². The first kappa shape index (κ1) is 14.6. The highest BCUT2D eigenvalue weighted by molar-refractivity contribution is 6.22. The fourth-order valence-electron chi connectivity index (χ4n) is 3.21. The SMILES string of the molecule is COc1cc(OC)cc(N2C(=O)[C@H]3CC(C)=CC[C@H]3C2=O)c1. The molecule has 2 amide bonds. The van der Waals surface area contributed by atoms with Gasteiger partial charge in [-0.25, -0.2) is 4.90 Å². The molecule has 2 atom stereocenters. The molecule has 1 aromatic carbocycles. The molecule has 116 valence electrons. The maximum absolute atomic E-state index is 12.7. The van der Waals surface area contributed by atoms with Gasteiger partial charge in [0.1, 0.15) is 11.5 Å². The van der Waals surface area contributed by atoms with E-state index < -0.39 is 0 Å². The lowest BCUT2D eigenvalue weighted by molar-refractivity contribution is -0.122. The Morgan fingerprint density at radius 3 is 2.18 bits per heavy atom. The first-order valence-electron chi connectivity index (χ1n) is 7.31. The number of methoxy groups -OCH3 is 2. The maximum Gasteiger partial charge on any atom is 0.238 e. The van der Waals surface area contributed by atoms with Gasteiger partial charge >= 0.3 is 0 Å². The summed E-state index contributed by atoms with van der Waals surface area (Å²) in [6.07, 6.45) is 3.35. The number of nitrogens with zero attached hydrogens (tertiary/aromatic N) is 1. The number of benzene rings is 1. The number of fused-ring (bicyclic) bond motifs is 1. The number of carbonyl (C=O) groups is 2. The summed E-state index contributed by atoms with van der Waals surface area (Å²) >= 11 is 0. The van der Waals surface area contributed by atoms with Crippen LogP contribution in [0.3, 0.4) is 0 Å². The van der Waals surface area contributed by atoms with Crippen LogP contribution in [0.1, 0.15) is 19.8 Å². The van der Waals surface area contributed by atoms with E-state index in [1.807, 2.05) is 6.92 Å². The van der Waals surface area contributed by atoms with Gasteiger partial charge in [0.25, 0.3) is 0 Å². The van der Waals surface area contributed by atoms with Crippen LogP contribution in [0, 0.1) is 11.8 Å². The third kappa shape index (κ3) is 2.26. The van der Waals surface area contributed by atoms with E-state index in [0.29, 0.717) is 30.0 Å². The molecule has 0 saturated carbocycles. The summed E-state index contributed by atoms with van der Waals surface area (Å²) in [7, 11) is 3.08. The van der Waals surface area contributed by atoms with Gasteiger partial charge in [0.05, 0.1) is 31.7 Å². The summed E-state index contributed by atoms with van der Waals surface area (Å²) < 4.78 is 10.4. The van der Waals surface area contributed by atoms with E-state index in [2.05, 4.69) is 6.08 Å². The molecule has 0 radical (unpaired) electrons. The lowest BCUT2D eigenvalue weighted by Gasteiger charge is -2.18. The van der Waals surface area contributed by atoms with Crippen molar-refractivity contribution in [1.29, 1.82) is 0 Å². The Bertz CT molecular complexity index is 642. The number of rotatable bonds is 3. The Kier molecular flexibility index (Phi) is 3.64. The van der Waals surface area contributed by atoms with Crippen molar-refractivity contribution in [3.63, 3.8) is 0 Å². The second-order valence-corrected chi connectivity index (χ2v) is 5.79. The minimum atomic E-state index is -0.242. The minimum Gasteiger partial charge on any atom is -0.497 e. The lowest BCUT2D eigenvalue weighted by atomic mass is 9.82. The third-order valence-electron chi connectivity index (χ3n) is 4.42. The van der Waals surface area contributed by atoms with Crippen LogP contribution >= 0.6 is 0 Å². The molecule has 1 aliphatic heterocycles. The number of carbonyl (C=O) groups excluding carboxylic acids is 2. The summed E-state index contributed by atoms with van der Waals surface area (Å²) in [5.74, 6) is 0.369. The fourth-order valence-corrected chi connectivity index (χ4v) is 3.21. The zero-order valence-corrected chi connectivity index (χ0v) is 13.0. The van der Waals surface area contributed by atoms with Crippen molar-refractivity contribution in [2.24, 2.45) is 11.8 Å². The third-order valence-corrected chi connectivity index (χ3v) is 4.42. The lowest BCUT2D eigenvalue weighted by Crippen LogP contribution is -2.30. The first-order chi connectivity index (χ1) is 10.5. The van der Waals surface area contributed by atoms with Crippen molar-refractivity contribution >= 4 is 17.5 Å². The van der Waals surface area contributed by atoms with Crippen LogP contribution in [0.5, 0.6) is 11.5 Å². The molecule has 0 aromatic heterocycles. The van der Waals surface area contributed by atoms with Crippen LogP contribution in [0.4, 0.5) is 5.69 Å². The normalized spacial score (nSPS) is 24.1. The molecule has 0 spiro atoms. The zero-order chi connectivity index (χ0) is 15.9. The van der Waals surface area contributed by atoms with E-state index in [4.69, 9.17) is 9.47 Å². The second-order valence-electron chi connectivity index (χ2n) is 5.79. The molecule has 5 heteroatoms. The molecule has 5 nitrogen and oxygen atoms in total. The predicted octanol–water partition coefficient (Wildman–Crippen LogP) is 2.55. The molecule has 1 saturated heterocycles. The van der Waals surface area contributed by atoms with Crippen molar-refractivity contribution < 1.29 is 19.1 Å². The predicted molar refractivity (Wildman–Crippen MR) is 82.0 cm³/mol. The van der Waals surface area contributed by atoms with Crippen LogP contribution in [-0.4, -0.2) is 26.0 Å². The largest absolute Gasteiger partial charge is 0.497 e. The Morgan fingerprint density at radius 2 is 1.59 bits per heavy atom. The van der Waals surface area contributed by atoms with Gasteiger partial charge in [-0.3, -0.25) is 9.59 Å². The first-order valence-corrected chi connectivity index (χ1v) is 7.31. The standard InChI is InChI=1S/C17H19NO4/c1-10-4-5-14-15(6-10)17(20)18(16(14)19)11-7-12(21-2)9-13(8-11)22-3/h4,7-9,14-15H,5-6H2,1-3H3/t14-,15+/m1/s1. The van der Waals surface area contributed by atoms with Gasteiger partial charge in [-0.1, -0.05) is 11.6 Å². The minimum absolute atomic E-state index is 0.127. The van der Waals surface area contributed by atoms with Crippen LogP contribution in [0.15, 0.2) is 29.8 Å². The number of allylic oxidation sites excluding steroid dienone is 2. The number of imide groups is 1. The zero-order valence-electron chi connectivity index (χ0n) is 13.0. The Hall–Kier alpha value is -2.30. The molecule has 1 heterocycles. The van der Waals surface area contributed by atoms with Gasteiger partial charge in [-0.2, -0.15) is 0 Å².